The molecular weight excluding hydrogens is 1160 g/mol. The Morgan fingerprint density at radius 2 is 1.12 bits per heavy atom. The number of carboxylic acids is 1. The van der Waals surface area contributed by atoms with Crippen molar-refractivity contribution in [2.24, 2.45) is 41.1 Å². The normalized spacial score (nSPS) is 13.2. The first-order chi connectivity index (χ1) is 41.9. The van der Waals surface area contributed by atoms with Gasteiger partial charge in [-0.05, 0) is 81.4 Å². The summed E-state index contributed by atoms with van der Waals surface area (Å²) in [5, 5.41) is 34.8. The van der Waals surface area contributed by atoms with Gasteiger partial charge in [0.25, 0.3) is 10.1 Å². The van der Waals surface area contributed by atoms with E-state index in [-0.39, 0.29) is 162 Å². The first kappa shape index (κ1) is 80.3. The van der Waals surface area contributed by atoms with Gasteiger partial charge in [0.1, 0.15) is 42.4 Å². The number of ether oxygens (including phenoxy) is 4. The van der Waals surface area contributed by atoms with Gasteiger partial charge in [0.05, 0.1) is 44.6 Å². The van der Waals surface area contributed by atoms with Crippen LogP contribution in [0.4, 0.5) is 0 Å². The van der Waals surface area contributed by atoms with Crippen LogP contribution in [-0.2, 0) is 78.6 Å². The summed E-state index contributed by atoms with van der Waals surface area (Å²) in [5.74, 6) is -6.73. The molecule has 0 heterocycles. The maximum Gasteiger partial charge on any atom is 0.326 e. The van der Waals surface area contributed by atoms with Crippen LogP contribution >= 0.6 is 0 Å². The van der Waals surface area contributed by atoms with E-state index in [9.17, 15) is 61.8 Å². The summed E-state index contributed by atoms with van der Waals surface area (Å²) >= 11 is 0. The van der Waals surface area contributed by atoms with Gasteiger partial charge in [0, 0.05) is 88.3 Å². The second kappa shape index (κ2) is 49.1. The number of carboxylic acid groups (broad SMARTS) is 1. The topological polar surface area (TPSA) is 397 Å². The molecule has 0 bridgehead atoms. The Bertz CT molecular complexity index is 2340. The number of hydrogen-bond acceptors (Lipinski definition) is 17. The van der Waals surface area contributed by atoms with Crippen molar-refractivity contribution in [1.82, 2.24) is 16.0 Å². The highest BCUT2D eigenvalue weighted by Crippen LogP contribution is 2.31. The van der Waals surface area contributed by atoms with Crippen LogP contribution in [0.15, 0.2) is 24.3 Å². The highest BCUT2D eigenvalue weighted by atomic mass is 32.2. The lowest BCUT2D eigenvalue weighted by Crippen LogP contribution is -2.41. The number of carbonyl (C=O) groups is 9. The number of benzene rings is 1. The number of nitrogens with two attached hydrogens (primary N) is 2. The fraction of sp³-hybridized carbons (Fsp3) is 0.746. The number of carbonyl (C=O) groups excluding carboxylic acids is 8. The van der Waals surface area contributed by atoms with Crippen molar-refractivity contribution < 1.29 is 85.3 Å². The molecule has 1 aromatic carbocycles. The van der Waals surface area contributed by atoms with Crippen LogP contribution in [0, 0.1) is 35.0 Å². The number of primary amides is 1. The molecule has 0 saturated heterocycles. The third-order valence-electron chi connectivity index (χ3n) is 14.9. The van der Waals surface area contributed by atoms with Crippen LogP contribution in [0.3, 0.4) is 0 Å². The standard InChI is InChI=1S/C63H106N6O18S/c1-46(2)40-53(72)42-49(61(77)47(3)54(22-14-15-23-57(64)65)56(73)43-50(62(66)78)41-48-25-27-51(70)28-26-48)20-16-17-31-67-60(76)45-87-38-35-84-33-19-21-52(71)44-86-37-36-85-34-32-68-58(74)30-29-55(63(79)80)69-59(75)24-13-11-9-7-5-4-6-8-10-12-18-39-88(81,82)83/h25-28,46-47,49-50,54-55,70H,4-24,29-45H2,1-3H3,(H3,64,65)(H2,66,78)(H,67,76)(H,68,74)(H,69,75)(H,79,80)(H,81,82,83)/t47?,49-,50-,54-,55+/m1/s1. The number of phenolic OH excluding ortho intramolecular Hbond substituents is 1. The number of aromatic hydroxyl groups is 1. The lowest BCUT2D eigenvalue weighted by Gasteiger charge is -2.27. The highest BCUT2D eigenvalue weighted by Gasteiger charge is 2.36. The average molecular weight is 1270 g/mol. The molecule has 1 unspecified atom stereocenters. The Kier molecular flexibility index (Phi) is 44.8. The van der Waals surface area contributed by atoms with Gasteiger partial charge in [-0.3, -0.25) is 48.3 Å². The molecule has 88 heavy (non-hydrogen) atoms. The predicted molar refractivity (Wildman–Crippen MR) is 333 cm³/mol. The summed E-state index contributed by atoms with van der Waals surface area (Å²) in [6, 6.07) is 5.08. The van der Waals surface area contributed by atoms with Crippen LogP contribution < -0.4 is 27.4 Å². The van der Waals surface area contributed by atoms with Gasteiger partial charge < -0.3 is 56.6 Å². The van der Waals surface area contributed by atoms with Gasteiger partial charge in [0.2, 0.25) is 23.6 Å². The van der Waals surface area contributed by atoms with E-state index in [1.54, 1.807) is 19.1 Å². The van der Waals surface area contributed by atoms with Crippen molar-refractivity contribution in [3.63, 3.8) is 0 Å². The Hall–Kier alpha value is -5.73. The molecule has 25 heteroatoms. The third-order valence-corrected chi connectivity index (χ3v) is 15.7. The zero-order valence-corrected chi connectivity index (χ0v) is 53.5. The van der Waals surface area contributed by atoms with E-state index in [0.29, 0.717) is 89.3 Å². The predicted octanol–water partition coefficient (Wildman–Crippen LogP) is 6.67. The third kappa shape index (κ3) is 43.8. The van der Waals surface area contributed by atoms with Crippen molar-refractivity contribution in [3.05, 3.63) is 29.8 Å². The van der Waals surface area contributed by atoms with Crippen LogP contribution in [0.1, 0.15) is 193 Å². The molecular formula is C63H106N6O18S. The minimum atomic E-state index is -3.88. The minimum absolute atomic E-state index is 0.0144. The molecule has 0 spiro atoms. The van der Waals surface area contributed by atoms with E-state index >= 15 is 0 Å². The Balaban J connectivity index is 2.28. The number of rotatable bonds is 59. The van der Waals surface area contributed by atoms with Gasteiger partial charge in [-0.2, -0.15) is 8.42 Å². The summed E-state index contributed by atoms with van der Waals surface area (Å²) in [7, 11) is -3.88. The molecule has 4 amide bonds. The number of amides is 4. The summed E-state index contributed by atoms with van der Waals surface area (Å²) < 4.78 is 52.0. The maximum atomic E-state index is 14.3. The minimum Gasteiger partial charge on any atom is -0.508 e. The summed E-state index contributed by atoms with van der Waals surface area (Å²) in [6.45, 7) is 6.87. The quantitative estimate of drug-likeness (QED) is 0.0142. The second-order valence-electron chi connectivity index (χ2n) is 23.3. The molecule has 1 aromatic rings. The number of hydrogen-bond donors (Lipinski definition) is 9. The molecule has 0 aliphatic heterocycles. The number of unbranched alkanes of at least 4 members (excludes halogenated alkanes) is 12. The summed E-state index contributed by atoms with van der Waals surface area (Å²) in [6.07, 6.45) is 14.0. The number of amidine groups is 1. The second-order valence-corrected chi connectivity index (χ2v) is 24.9. The maximum absolute atomic E-state index is 14.3. The van der Waals surface area contributed by atoms with Crippen LogP contribution in [0.25, 0.3) is 0 Å². The first-order valence-corrected chi connectivity index (χ1v) is 33.3. The van der Waals surface area contributed by atoms with E-state index < -0.39 is 51.7 Å². The number of Topliss-reactive ketones (excluding diaryl/α,β-unsaturated/α-hetero) is 4. The van der Waals surface area contributed by atoms with E-state index in [0.717, 1.165) is 57.8 Å². The van der Waals surface area contributed by atoms with Gasteiger partial charge >= 0.3 is 5.97 Å². The number of ketones is 4. The Morgan fingerprint density at radius 1 is 0.557 bits per heavy atom. The van der Waals surface area contributed by atoms with Crippen LogP contribution in [0.5, 0.6) is 5.75 Å². The van der Waals surface area contributed by atoms with Gasteiger partial charge in [0.15, 0.2) is 5.78 Å². The molecule has 0 aliphatic rings. The van der Waals surface area contributed by atoms with Crippen molar-refractivity contribution in [2.75, 3.05) is 71.7 Å². The monoisotopic (exact) mass is 1270 g/mol. The average Bonchev–Trinajstić information content (AvgIpc) is 3.16. The summed E-state index contributed by atoms with van der Waals surface area (Å²) in [5.41, 5.74) is 12.0. The van der Waals surface area contributed by atoms with Crippen molar-refractivity contribution in [1.29, 1.82) is 5.41 Å². The lowest BCUT2D eigenvalue weighted by molar-refractivity contribution is -0.142. The van der Waals surface area contributed by atoms with Crippen molar-refractivity contribution in [2.45, 2.75) is 200 Å². The molecule has 0 fully saturated rings. The van der Waals surface area contributed by atoms with Gasteiger partial charge in [-0.15, -0.1) is 0 Å². The summed E-state index contributed by atoms with van der Waals surface area (Å²) in [4.78, 5) is 115. The first-order valence-electron chi connectivity index (χ1n) is 31.7. The highest BCUT2D eigenvalue weighted by molar-refractivity contribution is 7.85. The van der Waals surface area contributed by atoms with Crippen molar-refractivity contribution >= 4 is 68.7 Å². The number of nitrogens with one attached hydrogen (secondary N) is 4. The van der Waals surface area contributed by atoms with Crippen LogP contribution in [-0.4, -0.2) is 159 Å². The molecule has 5 atom stereocenters. The SMILES string of the molecule is CC(C)CC(=O)C[C@@H](CCCCNC(=O)COCCOCCCC(=O)COCCOCCNC(=O)CC[C@H](NC(=O)CCCCCCCCCCCCCS(=O)(=O)O)C(=O)O)C(=O)C(C)[C@@H](CCCCC(=N)N)C(=O)C[C@@H](Cc1ccc(O)cc1)C(N)=O. The molecule has 11 N–H and O–H groups in total. The smallest absolute Gasteiger partial charge is 0.326 e. The molecule has 0 aromatic heterocycles. The fourth-order valence-corrected chi connectivity index (χ4v) is 10.6. The molecule has 0 radical (unpaired) electrons. The van der Waals surface area contributed by atoms with E-state index in [4.69, 9.17) is 40.4 Å². The Labute approximate surface area is 521 Å². The van der Waals surface area contributed by atoms with E-state index in [1.807, 2.05) is 13.8 Å². The fourth-order valence-electron chi connectivity index (χ4n) is 10.0. The number of aliphatic carboxylic acids is 1. The molecule has 0 aliphatic carbocycles. The zero-order chi connectivity index (χ0) is 65.5. The Morgan fingerprint density at radius 3 is 1.73 bits per heavy atom. The van der Waals surface area contributed by atoms with Crippen molar-refractivity contribution in [3.8, 4) is 5.75 Å². The van der Waals surface area contributed by atoms with Gasteiger partial charge in [-0.25, -0.2) is 4.79 Å². The van der Waals surface area contributed by atoms with Crippen LogP contribution in [0.2, 0.25) is 0 Å². The lowest BCUT2D eigenvalue weighted by atomic mass is 9.75. The molecule has 0 saturated carbocycles. The van der Waals surface area contributed by atoms with E-state index in [1.165, 1.54) is 12.1 Å². The van der Waals surface area contributed by atoms with Gasteiger partial charge in [-0.1, -0.05) is 104 Å². The largest absolute Gasteiger partial charge is 0.508 e. The molecule has 24 nitrogen and oxygen atoms in total. The van der Waals surface area contributed by atoms with E-state index in [2.05, 4.69) is 16.0 Å². The molecule has 502 valence electrons. The zero-order valence-electron chi connectivity index (χ0n) is 52.7. The molecule has 1 rings (SSSR count). The number of phenols is 1.